The van der Waals surface area contributed by atoms with Crippen LogP contribution in [0.15, 0.2) is 48.5 Å². The second kappa shape index (κ2) is 5.17. The minimum Gasteiger partial charge on any atom is -0.324 e. The first-order valence-electron chi connectivity index (χ1n) is 6.61. The first kappa shape index (κ1) is 12.4. The molecule has 3 rings (SSSR count). The molecule has 1 heterocycles. The molecular formula is C16H15N3O. The van der Waals surface area contributed by atoms with E-state index in [1.165, 1.54) is 0 Å². The largest absolute Gasteiger partial charge is 0.324 e. The molecule has 0 saturated heterocycles. The third-order valence-corrected chi connectivity index (χ3v) is 3.22. The Morgan fingerprint density at radius 3 is 2.85 bits per heavy atom. The summed E-state index contributed by atoms with van der Waals surface area (Å²) in [6.07, 6.45) is 0.908. The van der Waals surface area contributed by atoms with Gasteiger partial charge < -0.3 is 4.98 Å². The molecule has 0 fully saturated rings. The molecule has 100 valence electrons. The Labute approximate surface area is 116 Å². The normalized spacial score (nSPS) is 10.7. The molecule has 1 aromatic heterocycles. The molecule has 0 saturated carbocycles. The molecule has 0 aliphatic heterocycles. The van der Waals surface area contributed by atoms with E-state index in [1.807, 2.05) is 42.5 Å². The van der Waals surface area contributed by atoms with E-state index >= 15 is 0 Å². The number of aryl methyl sites for hydroxylation is 1. The topological polar surface area (TPSA) is 57.8 Å². The lowest BCUT2D eigenvalue weighted by Crippen LogP contribution is -2.13. The monoisotopic (exact) mass is 265 g/mol. The Morgan fingerprint density at radius 1 is 1.20 bits per heavy atom. The molecular weight excluding hydrogens is 250 g/mol. The van der Waals surface area contributed by atoms with Crippen molar-refractivity contribution in [2.45, 2.75) is 13.3 Å². The molecule has 0 aliphatic carbocycles. The molecule has 20 heavy (non-hydrogen) atoms. The van der Waals surface area contributed by atoms with Crippen molar-refractivity contribution >= 4 is 22.9 Å². The van der Waals surface area contributed by atoms with E-state index in [-0.39, 0.29) is 5.91 Å². The van der Waals surface area contributed by atoms with Crippen molar-refractivity contribution in [1.29, 1.82) is 0 Å². The van der Waals surface area contributed by atoms with E-state index in [0.717, 1.165) is 23.0 Å². The van der Waals surface area contributed by atoms with Gasteiger partial charge in [-0.05, 0) is 36.2 Å². The maximum atomic E-state index is 12.2. The van der Waals surface area contributed by atoms with Crippen LogP contribution in [0.1, 0.15) is 22.8 Å². The number of carbonyl (C=O) groups excluding carboxylic acids is 1. The van der Waals surface area contributed by atoms with Crippen molar-refractivity contribution in [3.8, 4) is 0 Å². The summed E-state index contributed by atoms with van der Waals surface area (Å²) < 4.78 is 0. The van der Waals surface area contributed by atoms with Gasteiger partial charge in [0.05, 0.1) is 11.0 Å². The van der Waals surface area contributed by atoms with Crippen molar-refractivity contribution < 1.29 is 4.79 Å². The Balaban J connectivity index is 1.84. The van der Waals surface area contributed by atoms with Crippen LogP contribution < -0.4 is 5.32 Å². The number of nitrogens with zero attached hydrogens (tertiary/aromatic N) is 1. The number of hydrogen-bond acceptors (Lipinski definition) is 2. The van der Waals surface area contributed by atoms with Crippen LogP contribution in [0.3, 0.4) is 0 Å². The highest BCUT2D eigenvalue weighted by Crippen LogP contribution is 2.14. The van der Waals surface area contributed by atoms with E-state index < -0.39 is 0 Å². The zero-order valence-electron chi connectivity index (χ0n) is 11.2. The zero-order valence-corrected chi connectivity index (χ0v) is 11.2. The van der Waals surface area contributed by atoms with Crippen molar-refractivity contribution in [3.05, 3.63) is 59.7 Å². The number of H-pyrrole nitrogens is 1. The number of nitrogens with one attached hydrogen (secondary N) is 2. The van der Waals surface area contributed by atoms with Crippen molar-refractivity contribution in [2.24, 2.45) is 0 Å². The number of benzene rings is 2. The van der Waals surface area contributed by atoms with Crippen LogP contribution in [0, 0.1) is 0 Å². The molecule has 2 N–H and O–H groups in total. The third kappa shape index (κ3) is 2.40. The van der Waals surface area contributed by atoms with Gasteiger partial charge >= 0.3 is 0 Å². The highest BCUT2D eigenvalue weighted by molar-refractivity contribution is 6.04. The summed E-state index contributed by atoms with van der Waals surface area (Å²) in [5, 5.41) is 2.79. The fraction of sp³-hybridized carbons (Fsp3) is 0.125. The van der Waals surface area contributed by atoms with Crippen LogP contribution in [0.4, 0.5) is 5.95 Å². The fourth-order valence-corrected chi connectivity index (χ4v) is 2.12. The van der Waals surface area contributed by atoms with Gasteiger partial charge in [0.25, 0.3) is 5.91 Å². The summed E-state index contributed by atoms with van der Waals surface area (Å²) in [5.41, 5.74) is 3.53. The van der Waals surface area contributed by atoms with Gasteiger partial charge in [0.2, 0.25) is 5.95 Å². The Bertz CT molecular complexity index is 728. The van der Waals surface area contributed by atoms with Gasteiger partial charge in [-0.15, -0.1) is 0 Å². The summed E-state index contributed by atoms with van der Waals surface area (Å²) >= 11 is 0. The average Bonchev–Trinajstić information content (AvgIpc) is 2.89. The number of carbonyl (C=O) groups is 1. The van der Waals surface area contributed by atoms with Gasteiger partial charge in [-0.3, -0.25) is 10.1 Å². The fourth-order valence-electron chi connectivity index (χ4n) is 2.12. The highest BCUT2D eigenvalue weighted by Gasteiger charge is 2.09. The predicted octanol–water partition coefficient (Wildman–Crippen LogP) is 3.38. The van der Waals surface area contributed by atoms with Crippen molar-refractivity contribution in [2.75, 3.05) is 5.32 Å². The van der Waals surface area contributed by atoms with Gasteiger partial charge in [-0.2, -0.15) is 0 Å². The molecule has 1 amide bonds. The van der Waals surface area contributed by atoms with Crippen LogP contribution >= 0.6 is 0 Å². The smallest absolute Gasteiger partial charge is 0.257 e. The van der Waals surface area contributed by atoms with Crippen LogP contribution in [0.2, 0.25) is 0 Å². The first-order chi connectivity index (χ1) is 9.76. The number of para-hydroxylation sites is 2. The number of imidazole rings is 1. The van der Waals surface area contributed by atoms with Gasteiger partial charge in [-0.1, -0.05) is 31.2 Å². The van der Waals surface area contributed by atoms with Gasteiger partial charge in [0.1, 0.15) is 0 Å². The maximum absolute atomic E-state index is 12.2. The van der Waals surface area contributed by atoms with E-state index in [1.54, 1.807) is 6.07 Å². The van der Waals surface area contributed by atoms with E-state index in [0.29, 0.717) is 11.5 Å². The van der Waals surface area contributed by atoms with Gasteiger partial charge in [0, 0.05) is 5.56 Å². The molecule has 4 nitrogen and oxygen atoms in total. The lowest BCUT2D eigenvalue weighted by molar-refractivity contribution is 0.102. The maximum Gasteiger partial charge on any atom is 0.257 e. The van der Waals surface area contributed by atoms with Crippen molar-refractivity contribution in [1.82, 2.24) is 9.97 Å². The number of aromatic nitrogens is 2. The molecule has 0 radical (unpaired) electrons. The average molecular weight is 265 g/mol. The molecule has 4 heteroatoms. The molecule has 0 bridgehead atoms. The highest BCUT2D eigenvalue weighted by atomic mass is 16.1. The molecule has 0 spiro atoms. The summed E-state index contributed by atoms with van der Waals surface area (Å²) in [7, 11) is 0. The minimum atomic E-state index is -0.153. The number of amides is 1. The second-order valence-electron chi connectivity index (χ2n) is 4.61. The lowest BCUT2D eigenvalue weighted by Gasteiger charge is -2.03. The van der Waals surface area contributed by atoms with E-state index in [9.17, 15) is 4.79 Å². The van der Waals surface area contributed by atoms with Gasteiger partial charge in [0.15, 0.2) is 0 Å². The Morgan fingerprint density at radius 2 is 2.05 bits per heavy atom. The third-order valence-electron chi connectivity index (χ3n) is 3.22. The summed E-state index contributed by atoms with van der Waals surface area (Å²) in [4.78, 5) is 19.6. The summed E-state index contributed by atoms with van der Waals surface area (Å²) in [6.45, 7) is 2.07. The number of anilines is 1. The molecule has 0 atom stereocenters. The summed E-state index contributed by atoms with van der Waals surface area (Å²) in [6, 6.07) is 15.3. The quantitative estimate of drug-likeness (QED) is 0.762. The number of fused-ring (bicyclic) bond motifs is 1. The second-order valence-corrected chi connectivity index (χ2v) is 4.61. The minimum absolute atomic E-state index is 0.153. The molecule has 0 aliphatic rings. The van der Waals surface area contributed by atoms with E-state index in [2.05, 4.69) is 22.2 Å². The number of rotatable bonds is 3. The number of hydrogen-bond donors (Lipinski definition) is 2. The molecule has 0 unspecified atom stereocenters. The first-order valence-corrected chi connectivity index (χ1v) is 6.61. The van der Waals surface area contributed by atoms with Crippen LogP contribution in [-0.2, 0) is 6.42 Å². The lowest BCUT2D eigenvalue weighted by atomic mass is 10.1. The zero-order chi connectivity index (χ0) is 13.9. The van der Waals surface area contributed by atoms with Crippen LogP contribution in [0.25, 0.3) is 11.0 Å². The van der Waals surface area contributed by atoms with Gasteiger partial charge in [-0.25, -0.2) is 4.98 Å². The molecule has 3 aromatic rings. The molecule has 2 aromatic carbocycles. The van der Waals surface area contributed by atoms with Crippen molar-refractivity contribution in [3.63, 3.8) is 0 Å². The van der Waals surface area contributed by atoms with E-state index in [4.69, 9.17) is 0 Å². The van der Waals surface area contributed by atoms with Crippen LogP contribution in [-0.4, -0.2) is 15.9 Å². The van der Waals surface area contributed by atoms with Crippen LogP contribution in [0.5, 0.6) is 0 Å². The SMILES string of the molecule is CCc1cccc(C(=O)Nc2nc3ccccc3[nH]2)c1. The Kier molecular flexibility index (Phi) is 3.21. The Hall–Kier alpha value is -2.62. The predicted molar refractivity (Wildman–Crippen MR) is 79.9 cm³/mol. The standard InChI is InChI=1S/C16H15N3O/c1-2-11-6-5-7-12(10-11)15(20)19-16-17-13-8-3-4-9-14(13)18-16/h3-10H,2H2,1H3,(H2,17,18,19,20). The number of aromatic amines is 1. The summed E-state index contributed by atoms with van der Waals surface area (Å²) in [5.74, 6) is 0.317.